The number of carbonyl (C=O) groups is 2. The number of amides is 2. The molecule has 0 aromatic heterocycles. The van der Waals surface area contributed by atoms with Crippen molar-refractivity contribution in [1.82, 2.24) is 5.32 Å². The van der Waals surface area contributed by atoms with Crippen molar-refractivity contribution >= 4 is 17.5 Å². The van der Waals surface area contributed by atoms with Gasteiger partial charge in [0.1, 0.15) is 0 Å². The molecule has 0 bridgehead atoms. The van der Waals surface area contributed by atoms with Crippen LogP contribution in [0.15, 0.2) is 54.6 Å². The lowest BCUT2D eigenvalue weighted by Crippen LogP contribution is -2.37. The van der Waals surface area contributed by atoms with Gasteiger partial charge in [-0.15, -0.1) is 0 Å². The van der Waals surface area contributed by atoms with Gasteiger partial charge < -0.3 is 10.2 Å². The Bertz CT molecular complexity index is 761. The van der Waals surface area contributed by atoms with E-state index < -0.39 is 0 Å². The molecule has 1 atom stereocenters. The quantitative estimate of drug-likeness (QED) is 0.932. The van der Waals surface area contributed by atoms with Crippen molar-refractivity contribution in [3.63, 3.8) is 0 Å². The number of carbonyl (C=O) groups excluding carboxylic acids is 2. The van der Waals surface area contributed by atoms with Crippen LogP contribution in [0.2, 0.25) is 0 Å². The molecule has 1 heterocycles. The van der Waals surface area contributed by atoms with Gasteiger partial charge in [-0.25, -0.2) is 0 Å². The summed E-state index contributed by atoms with van der Waals surface area (Å²) in [6.07, 6.45) is 0.334. The minimum absolute atomic E-state index is 0.0413. The molecule has 0 spiro atoms. The van der Waals surface area contributed by atoms with Crippen molar-refractivity contribution in [3.05, 3.63) is 65.7 Å². The Balaban J connectivity index is 1.65. The lowest BCUT2D eigenvalue weighted by Gasteiger charge is -2.19. The van der Waals surface area contributed by atoms with Gasteiger partial charge in [0, 0.05) is 24.2 Å². The fraction of sp³-hybridized carbons (Fsp3) is 0.333. The van der Waals surface area contributed by atoms with Crippen LogP contribution in [0.5, 0.6) is 0 Å². The van der Waals surface area contributed by atoms with E-state index in [2.05, 4.69) is 26.1 Å². The number of nitrogens with one attached hydrogen (secondary N) is 1. The third-order valence-electron chi connectivity index (χ3n) is 4.54. The van der Waals surface area contributed by atoms with Crippen molar-refractivity contribution in [2.45, 2.75) is 38.6 Å². The zero-order chi connectivity index (χ0) is 18.0. The highest BCUT2D eigenvalue weighted by molar-refractivity contribution is 5.98. The smallest absolute Gasteiger partial charge is 0.251 e. The molecule has 3 rings (SSSR count). The summed E-state index contributed by atoms with van der Waals surface area (Å²) in [5.74, 6) is -0.0900. The molecule has 2 amide bonds. The summed E-state index contributed by atoms with van der Waals surface area (Å²) < 4.78 is 0. The van der Waals surface area contributed by atoms with Crippen molar-refractivity contribution in [1.29, 1.82) is 0 Å². The van der Waals surface area contributed by atoms with Crippen LogP contribution in [0.4, 0.5) is 5.69 Å². The van der Waals surface area contributed by atoms with E-state index in [9.17, 15) is 9.59 Å². The van der Waals surface area contributed by atoms with Crippen molar-refractivity contribution in [3.8, 4) is 0 Å². The van der Waals surface area contributed by atoms with Gasteiger partial charge in [0.05, 0.1) is 6.04 Å². The summed E-state index contributed by atoms with van der Waals surface area (Å²) in [7, 11) is 0. The van der Waals surface area contributed by atoms with Gasteiger partial charge in [-0.3, -0.25) is 9.59 Å². The Morgan fingerprint density at radius 1 is 1.04 bits per heavy atom. The van der Waals surface area contributed by atoms with Crippen LogP contribution in [0, 0.1) is 0 Å². The first-order chi connectivity index (χ1) is 11.8. The van der Waals surface area contributed by atoms with Gasteiger partial charge in [-0.2, -0.15) is 0 Å². The molecule has 25 heavy (non-hydrogen) atoms. The second-order valence-electron chi connectivity index (χ2n) is 7.54. The normalized spacial score (nSPS) is 17.6. The zero-order valence-electron chi connectivity index (χ0n) is 15.0. The molecular weight excluding hydrogens is 312 g/mol. The SMILES string of the molecule is CC(C)(C)c1ccc(C(=O)N[C@H]2CC(=O)N(c3ccccc3)C2)cc1. The molecular formula is C21H24N2O2. The molecule has 130 valence electrons. The minimum atomic E-state index is -0.164. The maximum Gasteiger partial charge on any atom is 0.251 e. The van der Waals surface area contributed by atoms with E-state index in [0.717, 1.165) is 5.69 Å². The van der Waals surface area contributed by atoms with Crippen LogP contribution in [-0.4, -0.2) is 24.4 Å². The van der Waals surface area contributed by atoms with Crippen LogP contribution in [0.3, 0.4) is 0 Å². The van der Waals surface area contributed by atoms with Gasteiger partial charge in [0.15, 0.2) is 0 Å². The lowest BCUT2D eigenvalue weighted by molar-refractivity contribution is -0.117. The van der Waals surface area contributed by atoms with Crippen molar-refractivity contribution in [2.24, 2.45) is 0 Å². The van der Waals surface area contributed by atoms with Crippen LogP contribution in [0.1, 0.15) is 43.1 Å². The van der Waals surface area contributed by atoms with E-state index in [1.54, 1.807) is 4.90 Å². The average molecular weight is 336 g/mol. The predicted octanol–water partition coefficient (Wildman–Crippen LogP) is 3.52. The summed E-state index contributed by atoms with van der Waals surface area (Å²) in [5, 5.41) is 2.98. The van der Waals surface area contributed by atoms with Gasteiger partial charge >= 0.3 is 0 Å². The molecule has 0 saturated carbocycles. The van der Waals surface area contributed by atoms with Gasteiger partial charge in [0.2, 0.25) is 5.91 Å². The van der Waals surface area contributed by atoms with E-state index in [1.165, 1.54) is 5.56 Å². The average Bonchev–Trinajstić information content (AvgIpc) is 2.95. The third kappa shape index (κ3) is 3.90. The first kappa shape index (κ1) is 17.2. The second-order valence-corrected chi connectivity index (χ2v) is 7.54. The Kier molecular flexibility index (Phi) is 4.62. The number of benzene rings is 2. The van der Waals surface area contributed by atoms with E-state index in [1.807, 2.05) is 54.6 Å². The summed E-state index contributed by atoms with van der Waals surface area (Å²) >= 11 is 0. The van der Waals surface area contributed by atoms with Crippen LogP contribution < -0.4 is 10.2 Å². The maximum absolute atomic E-state index is 12.5. The van der Waals surface area contributed by atoms with Crippen molar-refractivity contribution < 1.29 is 9.59 Å². The first-order valence-electron chi connectivity index (χ1n) is 8.61. The highest BCUT2D eigenvalue weighted by Crippen LogP contribution is 2.23. The van der Waals surface area contributed by atoms with E-state index in [4.69, 9.17) is 0 Å². The number of hydrogen-bond acceptors (Lipinski definition) is 2. The summed E-state index contributed by atoms with van der Waals surface area (Å²) in [5.41, 5.74) is 2.75. The summed E-state index contributed by atoms with van der Waals surface area (Å²) in [4.78, 5) is 26.4. The fourth-order valence-corrected chi connectivity index (χ4v) is 3.05. The summed E-state index contributed by atoms with van der Waals surface area (Å²) in [6, 6.07) is 17.1. The highest BCUT2D eigenvalue weighted by atomic mass is 16.2. The predicted molar refractivity (Wildman–Crippen MR) is 99.8 cm³/mol. The molecule has 4 heteroatoms. The zero-order valence-corrected chi connectivity index (χ0v) is 15.0. The monoisotopic (exact) mass is 336 g/mol. The van der Waals surface area contributed by atoms with Gasteiger partial charge in [-0.1, -0.05) is 51.1 Å². The van der Waals surface area contributed by atoms with E-state index in [0.29, 0.717) is 18.5 Å². The second kappa shape index (κ2) is 6.71. The largest absolute Gasteiger partial charge is 0.347 e. The maximum atomic E-state index is 12.5. The van der Waals surface area contributed by atoms with E-state index >= 15 is 0 Å². The molecule has 4 nitrogen and oxygen atoms in total. The minimum Gasteiger partial charge on any atom is -0.347 e. The Labute approximate surface area is 148 Å². The molecule has 1 saturated heterocycles. The number of rotatable bonds is 3. The molecule has 1 aliphatic rings. The third-order valence-corrected chi connectivity index (χ3v) is 4.54. The molecule has 0 aliphatic carbocycles. The Hall–Kier alpha value is -2.62. The number of hydrogen-bond donors (Lipinski definition) is 1. The standard InChI is InChI=1S/C21H24N2O2/c1-21(2,3)16-11-9-15(10-12-16)20(25)22-17-13-19(24)23(14-17)18-7-5-4-6-8-18/h4-12,17H,13-14H2,1-3H3,(H,22,25)/t17-/m0/s1. The molecule has 1 fully saturated rings. The highest BCUT2D eigenvalue weighted by Gasteiger charge is 2.31. The fourth-order valence-electron chi connectivity index (χ4n) is 3.05. The van der Waals surface area contributed by atoms with Crippen LogP contribution >= 0.6 is 0 Å². The molecule has 1 aliphatic heterocycles. The molecule has 0 radical (unpaired) electrons. The topological polar surface area (TPSA) is 49.4 Å². The van der Waals surface area contributed by atoms with Crippen LogP contribution in [0.25, 0.3) is 0 Å². The molecule has 2 aromatic rings. The Morgan fingerprint density at radius 3 is 2.28 bits per heavy atom. The Morgan fingerprint density at radius 2 is 1.68 bits per heavy atom. The van der Waals surface area contributed by atoms with Crippen molar-refractivity contribution in [2.75, 3.05) is 11.4 Å². The molecule has 1 N–H and O–H groups in total. The van der Waals surface area contributed by atoms with Gasteiger partial charge in [0.25, 0.3) is 5.91 Å². The van der Waals surface area contributed by atoms with E-state index in [-0.39, 0.29) is 23.3 Å². The first-order valence-corrected chi connectivity index (χ1v) is 8.61. The lowest BCUT2D eigenvalue weighted by atomic mass is 9.86. The number of nitrogens with zero attached hydrogens (tertiary/aromatic N) is 1. The number of para-hydroxylation sites is 1. The molecule has 0 unspecified atom stereocenters. The summed E-state index contributed by atoms with van der Waals surface area (Å²) in [6.45, 7) is 6.94. The molecule has 2 aromatic carbocycles. The van der Waals surface area contributed by atoms with Crippen LogP contribution in [-0.2, 0) is 10.2 Å². The number of anilines is 1. The van der Waals surface area contributed by atoms with Gasteiger partial charge in [-0.05, 0) is 35.2 Å².